The molecule has 0 bridgehead atoms. The number of hydrogen-bond donors (Lipinski definition) is 1. The van der Waals surface area contributed by atoms with Gasteiger partial charge in [0.1, 0.15) is 0 Å². The molecule has 1 N–H and O–H groups in total. The number of benzene rings is 3. The summed E-state index contributed by atoms with van der Waals surface area (Å²) in [7, 11) is 1.06. The van der Waals surface area contributed by atoms with Gasteiger partial charge >= 0.3 is 7.48 Å². The molecular formula is C23H18BN2O. The molecule has 0 aliphatic heterocycles. The lowest BCUT2D eigenvalue weighted by molar-refractivity contribution is 0.614. The third-order valence-electron chi connectivity index (χ3n) is 5.60. The number of para-hydroxylation sites is 1. The molecule has 0 spiro atoms. The zero-order valence-electron chi connectivity index (χ0n) is 15.3. The molecule has 1 aromatic heterocycles. The van der Waals surface area contributed by atoms with Gasteiger partial charge in [0.25, 0.3) is 0 Å². The van der Waals surface area contributed by atoms with Crippen LogP contribution >= 0.6 is 0 Å². The van der Waals surface area contributed by atoms with Crippen LogP contribution in [0, 0.1) is 0 Å². The quantitative estimate of drug-likeness (QED) is 0.560. The molecule has 1 aliphatic carbocycles. The molecule has 4 heteroatoms. The maximum absolute atomic E-state index is 9.65. The first-order chi connectivity index (χ1) is 13.1. The van der Waals surface area contributed by atoms with Crippen LogP contribution < -0.4 is 5.59 Å². The van der Waals surface area contributed by atoms with Crippen molar-refractivity contribution >= 4 is 24.0 Å². The minimum atomic E-state index is -0.0648. The fourth-order valence-electron chi connectivity index (χ4n) is 4.17. The molecule has 3 aromatic carbocycles. The van der Waals surface area contributed by atoms with Gasteiger partial charge in [-0.15, -0.1) is 0 Å². The predicted molar refractivity (Wildman–Crippen MR) is 110 cm³/mol. The zero-order chi connectivity index (χ0) is 18.6. The van der Waals surface area contributed by atoms with E-state index in [2.05, 4.69) is 61.3 Å². The molecule has 1 heterocycles. The van der Waals surface area contributed by atoms with Crippen molar-refractivity contribution in [1.29, 1.82) is 0 Å². The number of fused-ring (bicyclic) bond motifs is 4. The molecule has 3 nitrogen and oxygen atoms in total. The molecule has 0 unspecified atom stereocenters. The molecule has 0 fully saturated rings. The van der Waals surface area contributed by atoms with Gasteiger partial charge in [0.15, 0.2) is 5.82 Å². The summed E-state index contributed by atoms with van der Waals surface area (Å²) in [5.41, 5.74) is 7.47. The van der Waals surface area contributed by atoms with Crippen molar-refractivity contribution in [1.82, 2.24) is 9.97 Å². The maximum atomic E-state index is 9.65. The van der Waals surface area contributed by atoms with Crippen molar-refractivity contribution in [3.63, 3.8) is 0 Å². The van der Waals surface area contributed by atoms with E-state index in [1.54, 1.807) is 0 Å². The Bertz CT molecular complexity index is 1200. The second kappa shape index (κ2) is 5.76. The third kappa shape index (κ3) is 2.33. The maximum Gasteiger partial charge on any atom is 0.349 e. The smallest absolute Gasteiger partial charge is 0.349 e. The van der Waals surface area contributed by atoms with E-state index < -0.39 is 0 Å². The molecule has 4 aromatic rings. The van der Waals surface area contributed by atoms with Crippen LogP contribution in [0.4, 0.5) is 0 Å². The summed E-state index contributed by atoms with van der Waals surface area (Å²) in [6.45, 7) is 4.52. The van der Waals surface area contributed by atoms with Gasteiger partial charge in [0.2, 0.25) is 0 Å². The molecule has 0 saturated heterocycles. The summed E-state index contributed by atoms with van der Waals surface area (Å²) in [6, 6.07) is 22.8. The number of hydrogen-bond acceptors (Lipinski definition) is 3. The van der Waals surface area contributed by atoms with E-state index in [1.807, 2.05) is 24.3 Å². The van der Waals surface area contributed by atoms with E-state index in [4.69, 9.17) is 4.98 Å². The van der Waals surface area contributed by atoms with Gasteiger partial charge in [-0.3, -0.25) is 0 Å². The Balaban J connectivity index is 1.71. The molecular weight excluding hydrogens is 331 g/mol. The van der Waals surface area contributed by atoms with Gasteiger partial charge in [-0.2, -0.15) is 0 Å². The first-order valence-electron chi connectivity index (χ1n) is 9.08. The summed E-state index contributed by atoms with van der Waals surface area (Å²) in [5, 5.41) is 10.5. The third-order valence-corrected chi connectivity index (χ3v) is 5.60. The molecule has 1 radical (unpaired) electrons. The van der Waals surface area contributed by atoms with Gasteiger partial charge in [0, 0.05) is 22.0 Å². The van der Waals surface area contributed by atoms with Crippen LogP contribution in [0.25, 0.3) is 33.4 Å². The van der Waals surface area contributed by atoms with Gasteiger partial charge in [-0.05, 0) is 34.4 Å². The lowest BCUT2D eigenvalue weighted by Gasteiger charge is -2.21. The highest BCUT2D eigenvalue weighted by atomic mass is 16.2. The normalized spacial score (nSPS) is 14.0. The van der Waals surface area contributed by atoms with Crippen LogP contribution in [0.3, 0.4) is 0 Å². The molecule has 27 heavy (non-hydrogen) atoms. The Kier molecular flexibility index (Phi) is 3.46. The van der Waals surface area contributed by atoms with Gasteiger partial charge in [-0.25, -0.2) is 9.97 Å². The van der Waals surface area contributed by atoms with E-state index in [1.165, 1.54) is 22.3 Å². The van der Waals surface area contributed by atoms with Gasteiger partial charge < -0.3 is 5.02 Å². The van der Waals surface area contributed by atoms with Crippen LogP contribution in [0.2, 0.25) is 0 Å². The van der Waals surface area contributed by atoms with Gasteiger partial charge in [-0.1, -0.05) is 68.4 Å². The molecule has 0 amide bonds. The lowest BCUT2D eigenvalue weighted by atomic mass is 9.82. The van der Waals surface area contributed by atoms with Crippen molar-refractivity contribution in [2.45, 2.75) is 19.3 Å². The minimum Gasteiger partial charge on any atom is -0.449 e. The first-order valence-corrected chi connectivity index (χ1v) is 9.08. The summed E-state index contributed by atoms with van der Waals surface area (Å²) in [4.78, 5) is 9.33. The van der Waals surface area contributed by atoms with E-state index in [-0.39, 0.29) is 5.41 Å². The second-order valence-electron chi connectivity index (χ2n) is 7.51. The fourth-order valence-corrected chi connectivity index (χ4v) is 4.17. The summed E-state index contributed by atoms with van der Waals surface area (Å²) < 4.78 is 0. The van der Waals surface area contributed by atoms with Crippen molar-refractivity contribution in [2.24, 2.45) is 0 Å². The number of nitrogens with zero attached hydrogens (tertiary/aromatic N) is 2. The molecule has 0 saturated carbocycles. The highest BCUT2D eigenvalue weighted by molar-refractivity contribution is 6.48. The topological polar surface area (TPSA) is 46.0 Å². The first kappa shape index (κ1) is 16.2. The average molecular weight is 349 g/mol. The van der Waals surface area contributed by atoms with Crippen LogP contribution in [0.5, 0.6) is 0 Å². The van der Waals surface area contributed by atoms with Crippen LogP contribution in [0.1, 0.15) is 25.0 Å². The van der Waals surface area contributed by atoms with Crippen molar-refractivity contribution in [3.05, 3.63) is 77.9 Å². The summed E-state index contributed by atoms with van der Waals surface area (Å²) >= 11 is 0. The number of rotatable bonds is 2. The fraction of sp³-hybridized carbons (Fsp3) is 0.130. The minimum absolute atomic E-state index is 0.0648. The van der Waals surface area contributed by atoms with Crippen molar-refractivity contribution < 1.29 is 5.02 Å². The van der Waals surface area contributed by atoms with Crippen molar-refractivity contribution in [3.8, 4) is 22.5 Å². The number of aromatic nitrogens is 2. The van der Waals surface area contributed by atoms with Gasteiger partial charge in [0.05, 0.1) is 5.52 Å². The molecule has 1 aliphatic rings. The monoisotopic (exact) mass is 349 g/mol. The lowest BCUT2D eigenvalue weighted by Crippen LogP contribution is -2.21. The Morgan fingerprint density at radius 2 is 1.56 bits per heavy atom. The predicted octanol–water partition coefficient (Wildman–Crippen LogP) is 3.84. The SMILES string of the molecule is CC1(C)c2ccccc2-c2ccc(-c3nc([B]O)c4ccccc4n3)cc21. The van der Waals surface area contributed by atoms with Crippen molar-refractivity contribution in [2.75, 3.05) is 0 Å². The molecule has 5 rings (SSSR count). The summed E-state index contributed by atoms with van der Waals surface area (Å²) in [5.74, 6) is 0.628. The van der Waals surface area contributed by atoms with Crippen LogP contribution in [-0.4, -0.2) is 22.5 Å². The van der Waals surface area contributed by atoms with E-state index >= 15 is 0 Å². The zero-order valence-corrected chi connectivity index (χ0v) is 15.3. The standard InChI is InChI=1S/C23H18BN2O/c1-23(2)18-9-5-3-7-15(18)16-12-11-14(13-19(16)23)22-25-20-10-6-4-8-17(20)21(24-27)26-22/h3-13,27H,1-2H3. The highest BCUT2D eigenvalue weighted by Gasteiger charge is 2.35. The highest BCUT2D eigenvalue weighted by Crippen LogP contribution is 2.49. The Morgan fingerprint density at radius 3 is 2.41 bits per heavy atom. The molecule has 0 atom stereocenters. The van der Waals surface area contributed by atoms with Crippen LogP contribution in [-0.2, 0) is 5.41 Å². The van der Waals surface area contributed by atoms with E-state index in [9.17, 15) is 5.02 Å². The Labute approximate surface area is 159 Å². The Morgan fingerprint density at radius 1 is 0.815 bits per heavy atom. The molecule has 129 valence electrons. The second-order valence-corrected chi connectivity index (χ2v) is 7.51. The summed E-state index contributed by atoms with van der Waals surface area (Å²) in [6.07, 6.45) is 0. The average Bonchev–Trinajstić information content (AvgIpc) is 2.94. The van der Waals surface area contributed by atoms with E-state index in [0.29, 0.717) is 11.4 Å². The Hall–Kier alpha value is -2.98. The largest absolute Gasteiger partial charge is 0.449 e. The van der Waals surface area contributed by atoms with E-state index in [0.717, 1.165) is 23.9 Å². The van der Waals surface area contributed by atoms with Crippen LogP contribution in [0.15, 0.2) is 66.7 Å².